The number of methoxy groups -OCH3 is 1. The van der Waals surface area contributed by atoms with Crippen LogP contribution in [0.5, 0.6) is 0 Å². The topological polar surface area (TPSA) is 120 Å². The van der Waals surface area contributed by atoms with Crippen LogP contribution in [0, 0.1) is 5.92 Å². The molecule has 0 radical (unpaired) electrons. The molecule has 2 aromatic heterocycles. The first-order valence-corrected chi connectivity index (χ1v) is 14.0. The highest BCUT2D eigenvalue weighted by atomic mass is 32.1. The number of aromatic nitrogens is 2. The van der Waals surface area contributed by atoms with Crippen LogP contribution in [0.2, 0.25) is 0 Å². The van der Waals surface area contributed by atoms with Gasteiger partial charge in [0.25, 0.3) is 0 Å². The number of anilines is 1. The molecule has 10 heteroatoms. The lowest BCUT2D eigenvalue weighted by Crippen LogP contribution is -2.39. The van der Waals surface area contributed by atoms with E-state index in [0.717, 1.165) is 31.4 Å². The predicted octanol–water partition coefficient (Wildman–Crippen LogP) is 4.99. The molecule has 3 heterocycles. The number of nitrogens with two attached hydrogens (primary N) is 1. The molecule has 3 N–H and O–H groups in total. The van der Waals surface area contributed by atoms with Gasteiger partial charge < -0.3 is 25.3 Å². The smallest absolute Gasteiger partial charge is 0.409 e. The third-order valence-corrected chi connectivity index (χ3v) is 7.69. The second-order valence-electron chi connectivity index (χ2n) is 10.7. The van der Waals surface area contributed by atoms with Crippen LogP contribution in [0.25, 0.3) is 0 Å². The molecule has 2 aromatic rings. The van der Waals surface area contributed by atoms with Crippen LogP contribution in [0.4, 0.5) is 9.93 Å². The number of hydrogen-bond acceptors (Lipinski definition) is 7. The molecule has 0 aliphatic carbocycles. The van der Waals surface area contributed by atoms with Gasteiger partial charge in [0.1, 0.15) is 0 Å². The number of Topliss-reactive ketones (excluding diaryl/α,β-unsaturated/α-hetero) is 1. The van der Waals surface area contributed by atoms with Crippen molar-refractivity contribution in [2.75, 3.05) is 32.1 Å². The number of piperidine rings is 1. The van der Waals surface area contributed by atoms with E-state index in [1.54, 1.807) is 4.90 Å². The molecular formula is C27H41N5O4S. The lowest BCUT2D eigenvalue weighted by Gasteiger charge is -2.30. The maximum absolute atomic E-state index is 13.2. The molecule has 37 heavy (non-hydrogen) atoms. The number of likely N-dealkylation sites (tertiary alicyclic amines) is 1. The Morgan fingerprint density at radius 3 is 2.73 bits per heavy atom. The Morgan fingerprint density at radius 2 is 2.05 bits per heavy atom. The Hall–Kier alpha value is -2.72. The first-order valence-electron chi connectivity index (χ1n) is 13.1. The van der Waals surface area contributed by atoms with E-state index < -0.39 is 0 Å². The maximum atomic E-state index is 13.2. The number of carbonyl (C=O) groups excluding carboxylic acids is 3. The molecule has 0 spiro atoms. The molecule has 0 bridgehead atoms. The van der Waals surface area contributed by atoms with Crippen molar-refractivity contribution >= 4 is 34.3 Å². The van der Waals surface area contributed by atoms with Gasteiger partial charge in [0.2, 0.25) is 5.91 Å². The summed E-state index contributed by atoms with van der Waals surface area (Å²) in [7, 11) is 1.39. The summed E-state index contributed by atoms with van der Waals surface area (Å²) in [5, 5.41) is 5.48. The summed E-state index contributed by atoms with van der Waals surface area (Å²) in [5.41, 5.74) is 7.13. The van der Waals surface area contributed by atoms with Crippen molar-refractivity contribution in [2.24, 2.45) is 11.7 Å². The van der Waals surface area contributed by atoms with E-state index in [4.69, 9.17) is 10.5 Å². The van der Waals surface area contributed by atoms with Gasteiger partial charge in [-0.1, -0.05) is 6.42 Å². The number of unbranched alkanes of at least 4 members (excludes halogenated alkanes) is 1. The normalized spacial score (nSPS) is 16.9. The Morgan fingerprint density at radius 1 is 1.27 bits per heavy atom. The SMILES string of the molecule is COC(=O)N1CCCC(c2csc(NC(=O)[C@H](CCCCN)CCC(=O)c3ccn(C(C)(C)C)c3)n2)C1. The Kier molecular flexibility index (Phi) is 10.3. The zero-order chi connectivity index (χ0) is 27.0. The van der Waals surface area contributed by atoms with Crippen molar-refractivity contribution in [1.29, 1.82) is 0 Å². The number of ether oxygens (including phenoxy) is 1. The first-order chi connectivity index (χ1) is 17.6. The van der Waals surface area contributed by atoms with Gasteiger partial charge in [-0.3, -0.25) is 9.59 Å². The lowest BCUT2D eigenvalue weighted by molar-refractivity contribution is -0.120. The van der Waals surface area contributed by atoms with Gasteiger partial charge in [-0.05, 0) is 65.5 Å². The Labute approximate surface area is 223 Å². The van der Waals surface area contributed by atoms with E-state index in [1.807, 2.05) is 28.4 Å². The van der Waals surface area contributed by atoms with Gasteiger partial charge in [-0.2, -0.15) is 0 Å². The minimum absolute atomic E-state index is 0.0450. The van der Waals surface area contributed by atoms with Gasteiger partial charge in [0.05, 0.1) is 12.8 Å². The molecule has 3 rings (SSSR count). The van der Waals surface area contributed by atoms with E-state index in [2.05, 4.69) is 31.1 Å². The number of hydrogen-bond donors (Lipinski definition) is 2. The lowest BCUT2D eigenvalue weighted by atomic mass is 9.93. The summed E-state index contributed by atoms with van der Waals surface area (Å²) in [4.78, 5) is 44.3. The summed E-state index contributed by atoms with van der Waals surface area (Å²) < 4.78 is 6.89. The van der Waals surface area contributed by atoms with E-state index in [9.17, 15) is 14.4 Å². The second kappa shape index (κ2) is 13.2. The molecule has 204 valence electrons. The molecule has 9 nitrogen and oxygen atoms in total. The number of rotatable bonds is 11. The molecule has 1 unspecified atom stereocenters. The quantitative estimate of drug-likeness (QED) is 0.311. The average molecular weight is 532 g/mol. The molecule has 1 aliphatic heterocycles. The Bertz CT molecular complexity index is 1060. The van der Waals surface area contributed by atoms with Crippen molar-refractivity contribution in [3.8, 4) is 0 Å². The van der Waals surface area contributed by atoms with Crippen molar-refractivity contribution in [3.05, 3.63) is 35.1 Å². The fourth-order valence-corrected chi connectivity index (χ4v) is 5.42. The largest absolute Gasteiger partial charge is 0.453 e. The zero-order valence-corrected chi connectivity index (χ0v) is 23.3. The number of carbonyl (C=O) groups is 3. The number of amides is 2. The van der Waals surface area contributed by atoms with Crippen molar-refractivity contribution in [3.63, 3.8) is 0 Å². The molecule has 1 fully saturated rings. The van der Waals surface area contributed by atoms with E-state index >= 15 is 0 Å². The average Bonchev–Trinajstić information content (AvgIpc) is 3.56. The Balaban J connectivity index is 1.60. The fraction of sp³-hybridized carbons (Fsp3) is 0.630. The van der Waals surface area contributed by atoms with Gasteiger partial charge >= 0.3 is 6.09 Å². The van der Waals surface area contributed by atoms with Crippen LogP contribution >= 0.6 is 11.3 Å². The monoisotopic (exact) mass is 531 g/mol. The van der Waals surface area contributed by atoms with E-state index in [-0.39, 0.29) is 35.2 Å². The van der Waals surface area contributed by atoms with Crippen LogP contribution in [0.15, 0.2) is 23.8 Å². The predicted molar refractivity (Wildman–Crippen MR) is 146 cm³/mol. The van der Waals surface area contributed by atoms with E-state index in [0.29, 0.717) is 49.6 Å². The van der Waals surface area contributed by atoms with Crippen LogP contribution < -0.4 is 11.1 Å². The van der Waals surface area contributed by atoms with Crippen LogP contribution in [0.3, 0.4) is 0 Å². The van der Waals surface area contributed by atoms with Crippen LogP contribution in [-0.4, -0.2) is 59.0 Å². The highest BCUT2D eigenvalue weighted by Crippen LogP contribution is 2.30. The minimum atomic E-state index is -0.321. The standard InChI is InChI=1S/C27H41N5O4S/c1-27(2,3)32-15-12-21(17-32)23(33)11-10-19(8-5-6-13-28)24(34)30-25-29-22(18-37-25)20-9-7-14-31(16-20)26(35)36-4/h12,15,17-20H,5-11,13-14,16,28H2,1-4H3,(H,29,30,34)/t19-,20?/m1/s1. The molecule has 1 saturated heterocycles. The molecular weight excluding hydrogens is 490 g/mol. The fourth-order valence-electron chi connectivity index (χ4n) is 4.62. The second-order valence-corrected chi connectivity index (χ2v) is 11.6. The van der Waals surface area contributed by atoms with Gasteiger partial charge in [0.15, 0.2) is 10.9 Å². The first kappa shape index (κ1) is 28.8. The van der Waals surface area contributed by atoms with Gasteiger partial charge in [0, 0.05) is 60.2 Å². The summed E-state index contributed by atoms with van der Waals surface area (Å²) in [5.74, 6) is -0.244. The number of nitrogens with one attached hydrogen (secondary N) is 1. The van der Waals surface area contributed by atoms with E-state index in [1.165, 1.54) is 18.4 Å². The number of thiazole rings is 1. The molecule has 2 atom stereocenters. The molecule has 0 aromatic carbocycles. The number of ketones is 1. The summed E-state index contributed by atoms with van der Waals surface area (Å²) in [6.45, 7) is 8.09. The third kappa shape index (κ3) is 8.13. The van der Waals surface area contributed by atoms with Crippen molar-refractivity contribution in [2.45, 2.75) is 77.2 Å². The van der Waals surface area contributed by atoms with Crippen molar-refractivity contribution in [1.82, 2.24) is 14.5 Å². The highest BCUT2D eigenvalue weighted by Gasteiger charge is 2.28. The maximum Gasteiger partial charge on any atom is 0.409 e. The summed E-state index contributed by atoms with van der Waals surface area (Å²) in [6, 6.07) is 1.85. The van der Waals surface area contributed by atoms with Gasteiger partial charge in [-0.25, -0.2) is 9.78 Å². The summed E-state index contributed by atoms with van der Waals surface area (Å²) in [6.07, 6.45) is 8.44. The minimum Gasteiger partial charge on any atom is -0.453 e. The van der Waals surface area contributed by atoms with Gasteiger partial charge in [-0.15, -0.1) is 11.3 Å². The van der Waals surface area contributed by atoms with Crippen LogP contribution in [-0.2, 0) is 15.1 Å². The van der Waals surface area contributed by atoms with Crippen LogP contribution in [0.1, 0.15) is 87.7 Å². The third-order valence-electron chi connectivity index (χ3n) is 6.91. The molecule has 1 aliphatic rings. The highest BCUT2D eigenvalue weighted by molar-refractivity contribution is 7.13. The summed E-state index contributed by atoms with van der Waals surface area (Å²) >= 11 is 1.39. The number of nitrogens with zero attached hydrogens (tertiary/aromatic N) is 3. The molecule has 0 saturated carbocycles. The van der Waals surface area contributed by atoms with Crippen molar-refractivity contribution < 1.29 is 19.1 Å². The molecule has 2 amide bonds. The zero-order valence-electron chi connectivity index (χ0n) is 22.5.